The summed E-state index contributed by atoms with van der Waals surface area (Å²) >= 11 is 5.12. The van der Waals surface area contributed by atoms with Crippen molar-refractivity contribution >= 4 is 17.7 Å². The Kier molecular flexibility index (Phi) is 6.27. The van der Waals surface area contributed by atoms with Gasteiger partial charge in [-0.2, -0.15) is 0 Å². The lowest BCUT2D eigenvalue weighted by Gasteiger charge is -2.12. The van der Waals surface area contributed by atoms with Crippen LogP contribution in [0.2, 0.25) is 0 Å². The molecule has 0 spiro atoms. The first-order valence-corrected chi connectivity index (χ1v) is 4.15. The molecule has 0 amide bonds. The van der Waals surface area contributed by atoms with Crippen LogP contribution in [0.25, 0.3) is 0 Å². The Morgan fingerprint density at radius 2 is 2.09 bits per heavy atom. The maximum atomic E-state index is 10.8. The van der Waals surface area contributed by atoms with Crippen molar-refractivity contribution in [3.63, 3.8) is 0 Å². The molecule has 66 valence electrons. The number of carbonyl (C=O) groups excluding carboxylic acids is 1. The van der Waals surface area contributed by atoms with Gasteiger partial charge in [-0.15, -0.1) is 0 Å². The Bertz CT molecular complexity index is 115. The predicted octanol–water partition coefficient (Wildman–Crippen LogP) is 1.46. The first-order valence-electron chi connectivity index (χ1n) is 3.77. The van der Waals surface area contributed by atoms with E-state index in [9.17, 15) is 4.79 Å². The molecule has 0 aromatic heterocycles. The van der Waals surface area contributed by atoms with E-state index in [2.05, 4.69) is 4.84 Å². The fourth-order valence-corrected chi connectivity index (χ4v) is 0.847. The average molecular weight is 180 g/mol. The van der Waals surface area contributed by atoms with E-state index in [1.54, 1.807) is 0 Å². The van der Waals surface area contributed by atoms with Crippen LogP contribution in [0.4, 0.5) is 0 Å². The van der Waals surface area contributed by atoms with Crippen LogP contribution >= 0.6 is 11.8 Å². The van der Waals surface area contributed by atoms with Crippen LogP contribution in [0, 0.1) is 0 Å². The van der Waals surface area contributed by atoms with Crippen molar-refractivity contribution in [1.29, 1.82) is 0 Å². The van der Waals surface area contributed by atoms with Gasteiger partial charge in [-0.05, 0) is 24.6 Å². The SMILES string of the molecule is CCC(CC)OC(=O)CNCl. The number of nitrogens with one attached hydrogen (secondary N) is 1. The van der Waals surface area contributed by atoms with Crippen molar-refractivity contribution in [1.82, 2.24) is 4.84 Å². The molecule has 0 saturated heterocycles. The van der Waals surface area contributed by atoms with Crippen LogP contribution in [0.1, 0.15) is 26.7 Å². The first-order chi connectivity index (χ1) is 5.24. The lowest BCUT2D eigenvalue weighted by atomic mass is 10.2. The molecule has 3 nitrogen and oxygen atoms in total. The molecule has 0 aliphatic rings. The van der Waals surface area contributed by atoms with Crippen molar-refractivity contribution in [2.45, 2.75) is 32.8 Å². The molecule has 0 bridgehead atoms. The van der Waals surface area contributed by atoms with Gasteiger partial charge in [-0.1, -0.05) is 13.8 Å². The van der Waals surface area contributed by atoms with Crippen LogP contribution in [-0.2, 0) is 9.53 Å². The summed E-state index contributed by atoms with van der Waals surface area (Å²) in [7, 11) is 0. The molecular weight excluding hydrogens is 166 g/mol. The number of ether oxygens (including phenoxy) is 1. The number of hydrogen-bond donors (Lipinski definition) is 1. The summed E-state index contributed by atoms with van der Waals surface area (Å²) in [6, 6.07) is 0. The van der Waals surface area contributed by atoms with E-state index in [4.69, 9.17) is 16.5 Å². The zero-order valence-corrected chi connectivity index (χ0v) is 7.65. The zero-order valence-electron chi connectivity index (χ0n) is 6.89. The third-order valence-corrected chi connectivity index (χ3v) is 1.55. The summed E-state index contributed by atoms with van der Waals surface area (Å²) in [6.07, 6.45) is 1.74. The normalized spacial score (nSPS) is 10.2. The summed E-state index contributed by atoms with van der Waals surface area (Å²) < 4.78 is 5.00. The highest BCUT2D eigenvalue weighted by molar-refractivity contribution is 6.14. The lowest BCUT2D eigenvalue weighted by molar-refractivity contribution is -0.147. The Morgan fingerprint density at radius 3 is 2.45 bits per heavy atom. The van der Waals surface area contributed by atoms with E-state index in [0.717, 1.165) is 12.8 Å². The van der Waals surface area contributed by atoms with Crippen LogP contribution in [0.3, 0.4) is 0 Å². The smallest absolute Gasteiger partial charge is 0.321 e. The number of hydrogen-bond acceptors (Lipinski definition) is 3. The van der Waals surface area contributed by atoms with Gasteiger partial charge in [0.15, 0.2) is 0 Å². The van der Waals surface area contributed by atoms with Crippen molar-refractivity contribution in [3.05, 3.63) is 0 Å². The Labute approximate surface area is 72.2 Å². The summed E-state index contributed by atoms with van der Waals surface area (Å²) in [5.41, 5.74) is 0. The van der Waals surface area contributed by atoms with Crippen LogP contribution < -0.4 is 4.84 Å². The fraction of sp³-hybridized carbons (Fsp3) is 0.857. The van der Waals surface area contributed by atoms with Crippen molar-refractivity contribution < 1.29 is 9.53 Å². The van der Waals surface area contributed by atoms with Crippen LogP contribution in [0.5, 0.6) is 0 Å². The summed E-state index contributed by atoms with van der Waals surface area (Å²) in [5, 5.41) is 0. The molecule has 11 heavy (non-hydrogen) atoms. The van der Waals surface area contributed by atoms with Crippen molar-refractivity contribution in [3.8, 4) is 0 Å². The highest BCUT2D eigenvalue weighted by Crippen LogP contribution is 2.02. The minimum atomic E-state index is -0.297. The molecular formula is C7H14ClNO2. The molecule has 0 aliphatic heterocycles. The Hall–Kier alpha value is -0.280. The van der Waals surface area contributed by atoms with E-state index in [1.807, 2.05) is 13.8 Å². The molecule has 0 unspecified atom stereocenters. The summed E-state index contributed by atoms with van der Waals surface area (Å²) in [5.74, 6) is -0.297. The minimum absolute atomic E-state index is 0.0347. The van der Waals surface area contributed by atoms with Gasteiger partial charge in [0.05, 0.1) is 0 Å². The van der Waals surface area contributed by atoms with Crippen LogP contribution in [-0.4, -0.2) is 18.6 Å². The standard InChI is InChI=1S/C7H14ClNO2/c1-3-6(4-2)11-7(10)5-9-8/h6,9H,3-5H2,1-2H3. The lowest BCUT2D eigenvalue weighted by Crippen LogP contribution is -2.23. The quantitative estimate of drug-likeness (QED) is 0.513. The highest BCUT2D eigenvalue weighted by Gasteiger charge is 2.08. The molecule has 0 heterocycles. The summed E-state index contributed by atoms with van der Waals surface area (Å²) in [6.45, 7) is 4.03. The van der Waals surface area contributed by atoms with E-state index in [-0.39, 0.29) is 18.6 Å². The van der Waals surface area contributed by atoms with Crippen molar-refractivity contribution in [2.75, 3.05) is 6.54 Å². The molecule has 0 radical (unpaired) electrons. The molecule has 0 saturated carbocycles. The van der Waals surface area contributed by atoms with Gasteiger partial charge in [0.1, 0.15) is 12.6 Å². The third kappa shape index (κ3) is 5.04. The fourth-order valence-electron chi connectivity index (χ4n) is 0.737. The van der Waals surface area contributed by atoms with E-state index < -0.39 is 0 Å². The maximum absolute atomic E-state index is 10.8. The zero-order chi connectivity index (χ0) is 8.69. The van der Waals surface area contributed by atoms with Crippen molar-refractivity contribution in [2.24, 2.45) is 0 Å². The number of carbonyl (C=O) groups is 1. The highest BCUT2D eigenvalue weighted by atomic mass is 35.5. The third-order valence-electron chi connectivity index (χ3n) is 1.42. The average Bonchev–Trinajstić information content (AvgIpc) is 2.01. The Balaban J connectivity index is 3.54. The largest absolute Gasteiger partial charge is 0.461 e. The van der Waals surface area contributed by atoms with E-state index in [0.29, 0.717) is 0 Å². The minimum Gasteiger partial charge on any atom is -0.461 e. The predicted molar refractivity (Wildman–Crippen MR) is 44.3 cm³/mol. The second-order valence-electron chi connectivity index (χ2n) is 2.24. The Morgan fingerprint density at radius 1 is 1.55 bits per heavy atom. The van der Waals surface area contributed by atoms with Gasteiger partial charge >= 0.3 is 5.97 Å². The molecule has 0 aromatic carbocycles. The van der Waals surface area contributed by atoms with E-state index >= 15 is 0 Å². The molecule has 1 N–H and O–H groups in total. The first kappa shape index (κ1) is 10.7. The monoisotopic (exact) mass is 179 g/mol. The van der Waals surface area contributed by atoms with Crippen LogP contribution in [0.15, 0.2) is 0 Å². The van der Waals surface area contributed by atoms with Gasteiger partial charge in [0.25, 0.3) is 0 Å². The molecule has 0 fully saturated rings. The summed E-state index contributed by atoms with van der Waals surface area (Å²) in [4.78, 5) is 13.0. The van der Waals surface area contributed by atoms with Gasteiger partial charge in [-0.3, -0.25) is 4.79 Å². The maximum Gasteiger partial charge on any atom is 0.321 e. The molecule has 0 aromatic rings. The van der Waals surface area contributed by atoms with Gasteiger partial charge < -0.3 is 4.74 Å². The number of halogens is 1. The molecule has 0 atom stereocenters. The van der Waals surface area contributed by atoms with Gasteiger partial charge in [-0.25, -0.2) is 4.84 Å². The number of esters is 1. The topological polar surface area (TPSA) is 38.3 Å². The number of rotatable bonds is 5. The van der Waals surface area contributed by atoms with E-state index in [1.165, 1.54) is 0 Å². The molecule has 4 heteroatoms. The second-order valence-corrected chi connectivity index (χ2v) is 2.51. The van der Waals surface area contributed by atoms with Gasteiger partial charge in [0, 0.05) is 0 Å². The molecule has 0 rings (SSSR count). The molecule has 0 aliphatic carbocycles. The second kappa shape index (κ2) is 6.43. The van der Waals surface area contributed by atoms with Gasteiger partial charge in [0.2, 0.25) is 0 Å².